The fourth-order valence-corrected chi connectivity index (χ4v) is 2.71. The summed E-state index contributed by atoms with van der Waals surface area (Å²) in [5, 5.41) is 8.78. The van der Waals surface area contributed by atoms with E-state index in [0.29, 0.717) is 12.3 Å². The quantitative estimate of drug-likeness (QED) is 0.935. The van der Waals surface area contributed by atoms with Crippen molar-refractivity contribution in [2.75, 3.05) is 13.2 Å². The standard InChI is InChI=1S/C13H14N2O3S/c16-13(14-9-3-1-5-17-8-9)11-7-10(15-18-11)12-4-2-6-19-12/h2,4,6-7,9H,1,3,5,8H2,(H,14,16)/t9-/m1/s1. The van der Waals surface area contributed by atoms with Gasteiger partial charge in [-0.1, -0.05) is 11.2 Å². The number of thiophene rings is 1. The van der Waals surface area contributed by atoms with Crippen molar-refractivity contribution < 1.29 is 14.1 Å². The summed E-state index contributed by atoms with van der Waals surface area (Å²) in [6, 6.07) is 5.62. The highest BCUT2D eigenvalue weighted by molar-refractivity contribution is 7.13. The third kappa shape index (κ3) is 2.85. The molecule has 100 valence electrons. The van der Waals surface area contributed by atoms with E-state index in [1.165, 1.54) is 0 Å². The molecule has 3 rings (SSSR count). The molecule has 0 aliphatic carbocycles. The zero-order valence-corrected chi connectivity index (χ0v) is 11.1. The summed E-state index contributed by atoms with van der Waals surface area (Å²) >= 11 is 1.56. The number of nitrogens with one attached hydrogen (secondary N) is 1. The van der Waals surface area contributed by atoms with E-state index < -0.39 is 0 Å². The monoisotopic (exact) mass is 278 g/mol. The lowest BCUT2D eigenvalue weighted by Gasteiger charge is -2.22. The van der Waals surface area contributed by atoms with Crippen LogP contribution in [-0.2, 0) is 4.74 Å². The van der Waals surface area contributed by atoms with Crippen LogP contribution in [-0.4, -0.2) is 30.3 Å². The van der Waals surface area contributed by atoms with Gasteiger partial charge in [-0.3, -0.25) is 4.79 Å². The molecule has 6 heteroatoms. The topological polar surface area (TPSA) is 64.4 Å². The highest BCUT2D eigenvalue weighted by Crippen LogP contribution is 2.24. The molecule has 0 unspecified atom stereocenters. The minimum absolute atomic E-state index is 0.0662. The summed E-state index contributed by atoms with van der Waals surface area (Å²) in [4.78, 5) is 13.0. The van der Waals surface area contributed by atoms with Gasteiger partial charge in [0.25, 0.3) is 5.91 Å². The van der Waals surface area contributed by atoms with Crippen molar-refractivity contribution in [2.24, 2.45) is 0 Å². The van der Waals surface area contributed by atoms with Gasteiger partial charge < -0.3 is 14.6 Å². The summed E-state index contributed by atoms with van der Waals surface area (Å²) in [5.74, 6) is 0.0137. The molecule has 0 spiro atoms. The summed E-state index contributed by atoms with van der Waals surface area (Å²) in [5.41, 5.74) is 0.694. The number of carbonyl (C=O) groups is 1. The van der Waals surface area contributed by atoms with Crippen LogP contribution in [0.1, 0.15) is 23.4 Å². The fraction of sp³-hybridized carbons (Fsp3) is 0.385. The maximum atomic E-state index is 12.0. The van der Waals surface area contributed by atoms with Gasteiger partial charge >= 0.3 is 0 Å². The Labute approximate surface area is 114 Å². The Bertz CT molecular complexity index is 544. The van der Waals surface area contributed by atoms with Crippen LogP contribution < -0.4 is 5.32 Å². The zero-order chi connectivity index (χ0) is 13.1. The lowest BCUT2D eigenvalue weighted by atomic mass is 10.1. The molecule has 1 aliphatic rings. The van der Waals surface area contributed by atoms with E-state index in [4.69, 9.17) is 9.26 Å². The van der Waals surface area contributed by atoms with E-state index in [0.717, 1.165) is 24.3 Å². The van der Waals surface area contributed by atoms with Crippen LogP contribution in [0.4, 0.5) is 0 Å². The van der Waals surface area contributed by atoms with Gasteiger partial charge in [-0.15, -0.1) is 11.3 Å². The van der Waals surface area contributed by atoms with Crippen LogP contribution in [0.5, 0.6) is 0 Å². The third-order valence-corrected chi connectivity index (χ3v) is 3.90. The molecule has 3 heterocycles. The van der Waals surface area contributed by atoms with Gasteiger partial charge in [-0.2, -0.15) is 0 Å². The Morgan fingerprint density at radius 2 is 2.47 bits per heavy atom. The third-order valence-electron chi connectivity index (χ3n) is 3.00. The molecule has 19 heavy (non-hydrogen) atoms. The number of amides is 1. The van der Waals surface area contributed by atoms with E-state index >= 15 is 0 Å². The van der Waals surface area contributed by atoms with E-state index in [2.05, 4.69) is 10.5 Å². The number of carbonyl (C=O) groups excluding carboxylic acids is 1. The second-order valence-electron chi connectivity index (χ2n) is 4.44. The molecule has 0 radical (unpaired) electrons. The average molecular weight is 278 g/mol. The van der Waals surface area contributed by atoms with Gasteiger partial charge in [-0.25, -0.2) is 0 Å². The number of ether oxygens (including phenoxy) is 1. The second-order valence-corrected chi connectivity index (χ2v) is 5.39. The largest absolute Gasteiger partial charge is 0.379 e. The van der Waals surface area contributed by atoms with Crippen LogP contribution in [0.3, 0.4) is 0 Å². The Morgan fingerprint density at radius 1 is 1.53 bits per heavy atom. The summed E-state index contributed by atoms with van der Waals surface area (Å²) < 4.78 is 10.4. The second kappa shape index (κ2) is 5.54. The maximum Gasteiger partial charge on any atom is 0.290 e. The van der Waals surface area contributed by atoms with Crippen LogP contribution >= 0.6 is 11.3 Å². The van der Waals surface area contributed by atoms with Crippen molar-refractivity contribution in [1.29, 1.82) is 0 Å². The number of nitrogens with zero attached hydrogens (tertiary/aromatic N) is 1. The molecule has 1 N–H and O–H groups in total. The molecule has 1 amide bonds. The fourth-order valence-electron chi connectivity index (χ4n) is 2.03. The molecule has 1 fully saturated rings. The molecule has 0 aromatic carbocycles. The Balaban J connectivity index is 1.67. The van der Waals surface area contributed by atoms with Crippen molar-refractivity contribution in [3.63, 3.8) is 0 Å². The lowest BCUT2D eigenvalue weighted by molar-refractivity contribution is 0.0608. The van der Waals surface area contributed by atoms with Gasteiger partial charge in [0.05, 0.1) is 17.5 Å². The SMILES string of the molecule is O=C(N[C@@H]1CCCOC1)c1cc(-c2cccs2)no1. The molecule has 1 saturated heterocycles. The van der Waals surface area contributed by atoms with Crippen LogP contribution in [0.25, 0.3) is 10.6 Å². The predicted octanol–water partition coefficient (Wildman–Crippen LogP) is 2.31. The smallest absolute Gasteiger partial charge is 0.290 e. The highest BCUT2D eigenvalue weighted by atomic mass is 32.1. The normalized spacial score (nSPS) is 19.3. The Hall–Kier alpha value is -1.66. The number of hydrogen-bond donors (Lipinski definition) is 1. The molecular formula is C13H14N2O3S. The van der Waals surface area contributed by atoms with E-state index in [1.807, 2.05) is 17.5 Å². The van der Waals surface area contributed by atoms with Crippen molar-refractivity contribution in [3.05, 3.63) is 29.3 Å². The molecular weight excluding hydrogens is 264 g/mol. The van der Waals surface area contributed by atoms with Gasteiger partial charge in [0.1, 0.15) is 5.69 Å². The van der Waals surface area contributed by atoms with Crippen molar-refractivity contribution in [2.45, 2.75) is 18.9 Å². The first-order valence-corrected chi connectivity index (χ1v) is 7.10. The van der Waals surface area contributed by atoms with Gasteiger partial charge in [0.15, 0.2) is 0 Å². The molecule has 5 nitrogen and oxygen atoms in total. The van der Waals surface area contributed by atoms with Crippen LogP contribution in [0, 0.1) is 0 Å². The highest BCUT2D eigenvalue weighted by Gasteiger charge is 2.20. The summed E-state index contributed by atoms with van der Waals surface area (Å²) in [6.45, 7) is 1.34. The van der Waals surface area contributed by atoms with Crippen LogP contribution in [0.15, 0.2) is 28.1 Å². The number of rotatable bonds is 3. The maximum absolute atomic E-state index is 12.0. The Morgan fingerprint density at radius 3 is 3.21 bits per heavy atom. The lowest BCUT2D eigenvalue weighted by Crippen LogP contribution is -2.40. The number of aromatic nitrogens is 1. The van der Waals surface area contributed by atoms with E-state index in [1.54, 1.807) is 17.4 Å². The summed E-state index contributed by atoms with van der Waals surface area (Å²) in [6.07, 6.45) is 1.92. The predicted molar refractivity (Wildman–Crippen MR) is 71.1 cm³/mol. The van der Waals surface area contributed by atoms with E-state index in [9.17, 15) is 4.79 Å². The average Bonchev–Trinajstić information content (AvgIpc) is 3.11. The first-order chi connectivity index (χ1) is 9.33. The first kappa shape index (κ1) is 12.4. The number of hydrogen-bond acceptors (Lipinski definition) is 5. The van der Waals surface area contributed by atoms with Gasteiger partial charge in [-0.05, 0) is 24.3 Å². The first-order valence-electron chi connectivity index (χ1n) is 6.22. The minimum atomic E-state index is -0.231. The molecule has 2 aromatic heterocycles. The molecule has 2 aromatic rings. The van der Waals surface area contributed by atoms with Crippen molar-refractivity contribution in [3.8, 4) is 10.6 Å². The van der Waals surface area contributed by atoms with Crippen molar-refractivity contribution in [1.82, 2.24) is 10.5 Å². The van der Waals surface area contributed by atoms with Gasteiger partial charge in [0.2, 0.25) is 5.76 Å². The van der Waals surface area contributed by atoms with Gasteiger partial charge in [0, 0.05) is 12.7 Å². The molecule has 1 aliphatic heterocycles. The van der Waals surface area contributed by atoms with Crippen molar-refractivity contribution >= 4 is 17.2 Å². The molecule has 0 saturated carbocycles. The zero-order valence-electron chi connectivity index (χ0n) is 10.3. The Kier molecular flexibility index (Phi) is 3.61. The molecule has 1 atom stereocenters. The van der Waals surface area contributed by atoms with E-state index in [-0.39, 0.29) is 17.7 Å². The van der Waals surface area contributed by atoms with Crippen LogP contribution in [0.2, 0.25) is 0 Å². The summed E-state index contributed by atoms with van der Waals surface area (Å²) in [7, 11) is 0. The minimum Gasteiger partial charge on any atom is -0.379 e. The molecule has 0 bridgehead atoms.